The number of halogens is 4. The molecule has 1 aromatic carbocycles. The molecular weight excluding hydrogens is 363 g/mol. The highest BCUT2D eigenvalue weighted by molar-refractivity contribution is 5.98. The molecular formula is C15H17ClF3N3O3. The van der Waals surface area contributed by atoms with Gasteiger partial charge in [-0.1, -0.05) is 0 Å². The van der Waals surface area contributed by atoms with Crippen molar-refractivity contribution in [3.05, 3.63) is 24.1 Å². The SMILES string of the molecule is COC1(C(=O)Nc2ccc3oc(C(F)(F)F)nc3c2)CCNCC1.Cl. The first kappa shape index (κ1) is 19.5. The molecule has 2 aromatic rings. The maximum atomic E-state index is 12.6. The molecule has 0 bridgehead atoms. The Labute approximate surface area is 147 Å². The molecule has 1 fully saturated rings. The minimum Gasteiger partial charge on any atom is -0.433 e. The van der Waals surface area contributed by atoms with E-state index in [9.17, 15) is 18.0 Å². The second-order valence-electron chi connectivity index (χ2n) is 5.60. The lowest BCUT2D eigenvalue weighted by Gasteiger charge is -2.34. The van der Waals surface area contributed by atoms with Crippen LogP contribution in [-0.2, 0) is 15.7 Å². The lowest BCUT2D eigenvalue weighted by atomic mass is 9.91. The quantitative estimate of drug-likeness (QED) is 0.857. The number of benzene rings is 1. The van der Waals surface area contributed by atoms with Crippen LogP contribution in [0, 0.1) is 0 Å². The monoisotopic (exact) mass is 379 g/mol. The highest BCUT2D eigenvalue weighted by Crippen LogP contribution is 2.32. The molecule has 10 heteroatoms. The van der Waals surface area contributed by atoms with Gasteiger partial charge < -0.3 is 19.8 Å². The Balaban J connectivity index is 0.00000225. The van der Waals surface area contributed by atoms with Crippen molar-refractivity contribution in [3.63, 3.8) is 0 Å². The van der Waals surface area contributed by atoms with E-state index in [-0.39, 0.29) is 29.4 Å². The largest absolute Gasteiger partial charge is 0.468 e. The van der Waals surface area contributed by atoms with E-state index >= 15 is 0 Å². The number of rotatable bonds is 3. The number of hydrogen-bond donors (Lipinski definition) is 2. The molecule has 2 N–H and O–H groups in total. The van der Waals surface area contributed by atoms with Crippen molar-refractivity contribution in [3.8, 4) is 0 Å². The molecule has 0 spiro atoms. The lowest BCUT2D eigenvalue weighted by molar-refractivity contribution is -0.156. The molecule has 138 valence electrons. The van der Waals surface area contributed by atoms with Gasteiger partial charge in [-0.3, -0.25) is 4.79 Å². The third-order valence-corrected chi connectivity index (χ3v) is 4.10. The Morgan fingerprint density at radius 2 is 2.04 bits per heavy atom. The minimum absolute atomic E-state index is 0. The van der Waals surface area contributed by atoms with Crippen LogP contribution in [0.4, 0.5) is 18.9 Å². The van der Waals surface area contributed by atoms with E-state index in [4.69, 9.17) is 4.74 Å². The fourth-order valence-electron chi connectivity index (χ4n) is 2.73. The highest BCUT2D eigenvalue weighted by atomic mass is 35.5. The number of alkyl halides is 3. The van der Waals surface area contributed by atoms with E-state index in [1.807, 2.05) is 0 Å². The van der Waals surface area contributed by atoms with Crippen LogP contribution in [0.5, 0.6) is 0 Å². The summed E-state index contributed by atoms with van der Waals surface area (Å²) in [7, 11) is 1.47. The fourth-order valence-corrected chi connectivity index (χ4v) is 2.73. The van der Waals surface area contributed by atoms with E-state index in [0.29, 0.717) is 31.6 Å². The van der Waals surface area contributed by atoms with Gasteiger partial charge in [0.2, 0.25) is 0 Å². The molecule has 1 aliphatic rings. The third kappa shape index (κ3) is 3.88. The first-order valence-corrected chi connectivity index (χ1v) is 7.39. The average molecular weight is 380 g/mol. The van der Waals surface area contributed by atoms with Gasteiger partial charge in [-0.05, 0) is 44.1 Å². The summed E-state index contributed by atoms with van der Waals surface area (Å²) in [6.07, 6.45) is -3.63. The van der Waals surface area contributed by atoms with Gasteiger partial charge in [-0.15, -0.1) is 12.4 Å². The molecule has 25 heavy (non-hydrogen) atoms. The Kier molecular flexibility index (Phi) is 5.60. The van der Waals surface area contributed by atoms with Crippen molar-refractivity contribution in [2.75, 3.05) is 25.5 Å². The topological polar surface area (TPSA) is 76.4 Å². The average Bonchev–Trinajstić information content (AvgIpc) is 2.99. The van der Waals surface area contributed by atoms with Crippen molar-refractivity contribution >= 4 is 35.1 Å². The Hall–Kier alpha value is -1.84. The predicted octanol–water partition coefficient (Wildman–Crippen LogP) is 2.98. The number of hydrogen-bond acceptors (Lipinski definition) is 5. The number of ether oxygens (including phenoxy) is 1. The van der Waals surface area contributed by atoms with Gasteiger partial charge in [0, 0.05) is 12.8 Å². The molecule has 1 amide bonds. The van der Waals surface area contributed by atoms with Gasteiger partial charge in [0.05, 0.1) is 0 Å². The maximum absolute atomic E-state index is 12.6. The summed E-state index contributed by atoms with van der Waals surface area (Å²) in [5, 5.41) is 5.83. The number of piperidine rings is 1. The number of carbonyl (C=O) groups is 1. The number of carbonyl (C=O) groups excluding carboxylic acids is 1. The molecule has 1 aliphatic heterocycles. The summed E-state index contributed by atoms with van der Waals surface area (Å²) in [6, 6.07) is 4.15. The highest BCUT2D eigenvalue weighted by Gasteiger charge is 2.40. The molecule has 1 aromatic heterocycles. The minimum atomic E-state index is -4.66. The Morgan fingerprint density at radius 1 is 1.36 bits per heavy atom. The summed E-state index contributed by atoms with van der Waals surface area (Å²) in [6.45, 7) is 1.30. The molecule has 6 nitrogen and oxygen atoms in total. The second kappa shape index (κ2) is 7.19. The van der Waals surface area contributed by atoms with E-state index < -0.39 is 17.7 Å². The van der Waals surface area contributed by atoms with Crippen molar-refractivity contribution in [2.24, 2.45) is 0 Å². The van der Waals surface area contributed by atoms with Crippen LogP contribution in [0.15, 0.2) is 22.6 Å². The van der Waals surface area contributed by atoms with Crippen LogP contribution < -0.4 is 10.6 Å². The van der Waals surface area contributed by atoms with Gasteiger partial charge in [0.1, 0.15) is 11.1 Å². The maximum Gasteiger partial charge on any atom is 0.468 e. The van der Waals surface area contributed by atoms with Gasteiger partial charge in [0.15, 0.2) is 5.58 Å². The predicted molar refractivity (Wildman–Crippen MR) is 86.7 cm³/mol. The Bertz CT molecular complexity index is 757. The number of aromatic nitrogens is 1. The zero-order valence-corrected chi connectivity index (χ0v) is 14.1. The lowest BCUT2D eigenvalue weighted by Crippen LogP contribution is -2.51. The third-order valence-electron chi connectivity index (χ3n) is 4.10. The zero-order valence-electron chi connectivity index (χ0n) is 13.3. The molecule has 0 unspecified atom stereocenters. The van der Waals surface area contributed by atoms with Crippen LogP contribution in [0.25, 0.3) is 11.1 Å². The fraction of sp³-hybridized carbons (Fsp3) is 0.467. The van der Waals surface area contributed by atoms with Crippen LogP contribution in [-0.4, -0.2) is 36.7 Å². The van der Waals surface area contributed by atoms with Crippen LogP contribution in [0.3, 0.4) is 0 Å². The van der Waals surface area contributed by atoms with Gasteiger partial charge >= 0.3 is 12.1 Å². The van der Waals surface area contributed by atoms with Crippen molar-refractivity contribution in [1.29, 1.82) is 0 Å². The van der Waals surface area contributed by atoms with Gasteiger partial charge in [0.25, 0.3) is 5.91 Å². The van der Waals surface area contributed by atoms with Crippen molar-refractivity contribution in [2.45, 2.75) is 24.6 Å². The molecule has 0 atom stereocenters. The molecule has 2 heterocycles. The van der Waals surface area contributed by atoms with Crippen LogP contribution >= 0.6 is 12.4 Å². The summed E-state index contributed by atoms with van der Waals surface area (Å²) < 4.78 is 48.0. The number of methoxy groups -OCH3 is 1. The van der Waals surface area contributed by atoms with E-state index in [2.05, 4.69) is 20.0 Å². The first-order valence-electron chi connectivity index (χ1n) is 7.39. The molecule has 0 radical (unpaired) electrons. The molecule has 1 saturated heterocycles. The van der Waals surface area contributed by atoms with Crippen molar-refractivity contribution < 1.29 is 27.1 Å². The van der Waals surface area contributed by atoms with Crippen LogP contribution in [0.2, 0.25) is 0 Å². The van der Waals surface area contributed by atoms with E-state index in [0.717, 1.165) is 0 Å². The number of fused-ring (bicyclic) bond motifs is 1. The summed E-state index contributed by atoms with van der Waals surface area (Å²) in [5.41, 5.74) is -0.578. The second-order valence-corrected chi connectivity index (χ2v) is 5.60. The van der Waals surface area contributed by atoms with Gasteiger partial charge in [-0.2, -0.15) is 13.2 Å². The number of nitrogens with zero attached hydrogens (tertiary/aromatic N) is 1. The number of amides is 1. The standard InChI is InChI=1S/C15H16F3N3O3.ClH/c1-23-14(4-6-19-7-5-14)12(22)20-9-2-3-11-10(8-9)21-13(24-11)15(16,17)18;/h2-3,8,19H,4-7H2,1H3,(H,20,22);1H. The van der Waals surface area contributed by atoms with Crippen molar-refractivity contribution in [1.82, 2.24) is 10.3 Å². The summed E-state index contributed by atoms with van der Waals surface area (Å²) in [5.74, 6) is -1.64. The molecule has 0 aliphatic carbocycles. The number of oxazole rings is 1. The molecule has 3 rings (SSSR count). The molecule has 0 saturated carbocycles. The normalized spacial score (nSPS) is 17.1. The number of nitrogens with one attached hydrogen (secondary N) is 2. The van der Waals surface area contributed by atoms with E-state index in [1.165, 1.54) is 25.3 Å². The Morgan fingerprint density at radius 3 is 2.64 bits per heavy atom. The summed E-state index contributed by atoms with van der Waals surface area (Å²) >= 11 is 0. The smallest absolute Gasteiger partial charge is 0.433 e. The van der Waals surface area contributed by atoms with Crippen LogP contribution in [0.1, 0.15) is 18.7 Å². The first-order chi connectivity index (χ1) is 11.3. The van der Waals surface area contributed by atoms with Gasteiger partial charge in [-0.25, -0.2) is 4.98 Å². The van der Waals surface area contributed by atoms with E-state index in [1.54, 1.807) is 0 Å². The number of anilines is 1. The zero-order chi connectivity index (χ0) is 17.4. The summed E-state index contributed by atoms with van der Waals surface area (Å²) in [4.78, 5) is 16.0.